The van der Waals surface area contributed by atoms with E-state index in [1.54, 1.807) is 20.8 Å². The number of carbonyl (C=O) groups is 1. The van der Waals surface area contributed by atoms with Crippen LogP contribution in [-0.2, 0) is 23.9 Å². The molecule has 0 bridgehead atoms. The molecule has 16 heavy (non-hydrogen) atoms. The van der Waals surface area contributed by atoms with E-state index in [9.17, 15) is 9.36 Å². The zero-order valence-electron chi connectivity index (χ0n) is 10.2. The Hall–Kier alpha value is -0.510. The number of carbonyl (C=O) groups excluding carboxylic acids is 1. The van der Waals surface area contributed by atoms with Crippen molar-refractivity contribution in [1.29, 1.82) is 0 Å². The summed E-state index contributed by atoms with van der Waals surface area (Å²) in [7, 11) is -0.317. The monoisotopic (exact) mass is 250 g/mol. The molecule has 2 atom stereocenters. The van der Waals surface area contributed by atoms with Gasteiger partial charge >= 0.3 is 5.97 Å². The molecule has 0 aliphatic heterocycles. The summed E-state index contributed by atoms with van der Waals surface area (Å²) in [4.78, 5) is 20.9. The van der Waals surface area contributed by atoms with Gasteiger partial charge in [-0.25, -0.2) is 4.79 Å². The summed E-state index contributed by atoms with van der Waals surface area (Å²) >= 11 is 0. The SMILES string of the molecule is CCOOC(=O)C(CC)(P=O)C(C)OCC. The van der Waals surface area contributed by atoms with Gasteiger partial charge in [-0.1, -0.05) is 6.92 Å². The number of hydrogen-bond acceptors (Lipinski definition) is 5. The highest BCUT2D eigenvalue weighted by atomic mass is 31.1. The van der Waals surface area contributed by atoms with Crippen LogP contribution in [-0.4, -0.2) is 30.4 Å². The van der Waals surface area contributed by atoms with E-state index in [-0.39, 0.29) is 15.1 Å². The lowest BCUT2D eigenvalue weighted by Gasteiger charge is -2.28. The predicted molar refractivity (Wildman–Crippen MR) is 59.4 cm³/mol. The Bertz CT molecular complexity index is 233. The van der Waals surface area contributed by atoms with Gasteiger partial charge in [0.1, 0.15) is 0 Å². The molecule has 0 aliphatic carbocycles. The van der Waals surface area contributed by atoms with Gasteiger partial charge in [0.25, 0.3) is 0 Å². The summed E-state index contributed by atoms with van der Waals surface area (Å²) in [5.41, 5.74) is 0. The largest absolute Gasteiger partial charge is 0.377 e. The Morgan fingerprint density at radius 3 is 2.31 bits per heavy atom. The van der Waals surface area contributed by atoms with Crippen molar-refractivity contribution in [3.63, 3.8) is 0 Å². The van der Waals surface area contributed by atoms with Crippen molar-refractivity contribution < 1.29 is 23.9 Å². The van der Waals surface area contributed by atoms with E-state index in [1.165, 1.54) is 0 Å². The highest BCUT2D eigenvalue weighted by molar-refractivity contribution is 7.28. The summed E-state index contributed by atoms with van der Waals surface area (Å²) in [6.45, 7) is 7.66. The van der Waals surface area contributed by atoms with Crippen molar-refractivity contribution in [3.8, 4) is 0 Å². The normalized spacial score (nSPS) is 16.8. The van der Waals surface area contributed by atoms with Crippen LogP contribution in [0.5, 0.6) is 0 Å². The first-order valence-corrected chi connectivity index (χ1v) is 6.20. The van der Waals surface area contributed by atoms with Crippen molar-refractivity contribution in [2.75, 3.05) is 13.2 Å². The van der Waals surface area contributed by atoms with Crippen LogP contribution in [0.15, 0.2) is 0 Å². The minimum atomic E-state index is -1.19. The molecule has 0 aliphatic rings. The third kappa shape index (κ3) is 3.51. The molecule has 0 saturated carbocycles. The molecule has 0 aromatic heterocycles. The molecule has 0 heterocycles. The van der Waals surface area contributed by atoms with Crippen LogP contribution >= 0.6 is 8.46 Å². The average molecular weight is 250 g/mol. The van der Waals surface area contributed by atoms with Crippen LogP contribution in [0.1, 0.15) is 34.1 Å². The molecule has 0 aromatic rings. The molecule has 6 heteroatoms. The van der Waals surface area contributed by atoms with E-state index in [0.29, 0.717) is 13.0 Å². The van der Waals surface area contributed by atoms with E-state index in [1.807, 2.05) is 6.92 Å². The average Bonchev–Trinajstić information content (AvgIpc) is 2.29. The fraction of sp³-hybridized carbons (Fsp3) is 0.900. The Morgan fingerprint density at radius 1 is 1.31 bits per heavy atom. The highest BCUT2D eigenvalue weighted by Crippen LogP contribution is 2.34. The number of ether oxygens (including phenoxy) is 1. The maximum Gasteiger partial charge on any atom is 0.362 e. The van der Waals surface area contributed by atoms with E-state index in [2.05, 4.69) is 9.78 Å². The second-order valence-electron chi connectivity index (χ2n) is 3.24. The highest BCUT2D eigenvalue weighted by Gasteiger charge is 2.46. The topological polar surface area (TPSA) is 61.8 Å². The van der Waals surface area contributed by atoms with Crippen molar-refractivity contribution in [1.82, 2.24) is 0 Å². The second-order valence-corrected chi connectivity index (χ2v) is 4.22. The molecule has 0 fully saturated rings. The first-order chi connectivity index (χ1) is 7.58. The third-order valence-corrected chi connectivity index (χ3v) is 3.59. The van der Waals surface area contributed by atoms with Gasteiger partial charge in [-0.05, 0) is 27.2 Å². The van der Waals surface area contributed by atoms with E-state index in [0.717, 1.165) is 0 Å². The molecule has 2 unspecified atom stereocenters. The first-order valence-electron chi connectivity index (χ1n) is 5.39. The zero-order valence-corrected chi connectivity index (χ0v) is 11.1. The maximum absolute atomic E-state index is 11.8. The van der Waals surface area contributed by atoms with Gasteiger partial charge in [0.2, 0.25) is 0 Å². The van der Waals surface area contributed by atoms with Crippen molar-refractivity contribution >= 4 is 14.4 Å². The lowest BCUT2D eigenvalue weighted by Crippen LogP contribution is -2.45. The van der Waals surface area contributed by atoms with Crippen LogP contribution < -0.4 is 0 Å². The zero-order chi connectivity index (χ0) is 12.6. The van der Waals surface area contributed by atoms with Crippen molar-refractivity contribution in [3.05, 3.63) is 0 Å². The first kappa shape index (κ1) is 15.5. The summed E-state index contributed by atoms with van der Waals surface area (Å²) < 4.78 is 16.6. The van der Waals surface area contributed by atoms with Crippen LogP contribution in [0.3, 0.4) is 0 Å². The van der Waals surface area contributed by atoms with Crippen LogP contribution in [0.25, 0.3) is 0 Å². The molecule has 0 saturated heterocycles. The molecular formula is C10H19O5P. The van der Waals surface area contributed by atoms with Gasteiger partial charge in [-0.15, -0.1) is 0 Å². The molecule has 0 N–H and O–H groups in total. The van der Waals surface area contributed by atoms with Gasteiger partial charge in [0.15, 0.2) is 13.6 Å². The van der Waals surface area contributed by atoms with Gasteiger partial charge < -0.3 is 4.74 Å². The van der Waals surface area contributed by atoms with Crippen molar-refractivity contribution in [2.45, 2.75) is 45.4 Å². The number of hydrogen-bond donors (Lipinski definition) is 0. The Labute approximate surface area is 97.6 Å². The molecule has 5 nitrogen and oxygen atoms in total. The van der Waals surface area contributed by atoms with Crippen LogP contribution in [0.4, 0.5) is 0 Å². The van der Waals surface area contributed by atoms with Gasteiger partial charge in [0, 0.05) is 6.61 Å². The Morgan fingerprint density at radius 2 is 1.94 bits per heavy atom. The lowest BCUT2D eigenvalue weighted by atomic mass is 9.99. The standard InChI is InChI=1S/C10H19O5P/c1-5-10(16-12,8(4)13-6-2)9(11)15-14-7-3/h8H,5-7H2,1-4H3. The Kier molecular flexibility index (Phi) is 7.47. The fourth-order valence-electron chi connectivity index (χ4n) is 1.35. The molecule has 0 aromatic carbocycles. The molecular weight excluding hydrogens is 231 g/mol. The van der Waals surface area contributed by atoms with E-state index in [4.69, 9.17) is 4.74 Å². The van der Waals surface area contributed by atoms with E-state index < -0.39 is 17.2 Å². The smallest absolute Gasteiger partial charge is 0.362 e. The van der Waals surface area contributed by atoms with E-state index >= 15 is 0 Å². The molecule has 0 amide bonds. The van der Waals surface area contributed by atoms with Gasteiger partial charge in [-0.2, -0.15) is 4.89 Å². The molecule has 94 valence electrons. The van der Waals surface area contributed by atoms with Gasteiger partial charge in [-0.3, -0.25) is 9.45 Å². The minimum absolute atomic E-state index is 0.254. The fourth-order valence-corrected chi connectivity index (χ4v) is 1.81. The quantitative estimate of drug-likeness (QED) is 0.376. The van der Waals surface area contributed by atoms with Crippen molar-refractivity contribution in [2.24, 2.45) is 0 Å². The third-order valence-electron chi connectivity index (χ3n) is 2.40. The Balaban J connectivity index is 4.78. The van der Waals surface area contributed by atoms with Gasteiger partial charge in [0.05, 0.1) is 12.7 Å². The lowest BCUT2D eigenvalue weighted by molar-refractivity contribution is -0.274. The van der Waals surface area contributed by atoms with Crippen LogP contribution in [0.2, 0.25) is 0 Å². The predicted octanol–water partition coefficient (Wildman–Crippen LogP) is 2.35. The van der Waals surface area contributed by atoms with Crippen LogP contribution in [0, 0.1) is 0 Å². The molecule has 0 rings (SSSR count). The maximum atomic E-state index is 11.8. The number of rotatable bonds is 8. The molecule has 0 radical (unpaired) electrons. The summed E-state index contributed by atoms with van der Waals surface area (Å²) in [5.74, 6) is -0.658. The summed E-state index contributed by atoms with van der Waals surface area (Å²) in [6, 6.07) is 0. The minimum Gasteiger partial charge on any atom is -0.377 e. The summed E-state index contributed by atoms with van der Waals surface area (Å²) in [6.07, 6.45) is -0.139. The molecule has 0 spiro atoms. The second kappa shape index (κ2) is 7.71. The summed E-state index contributed by atoms with van der Waals surface area (Å²) in [5, 5.41) is -1.19.